The van der Waals surface area contributed by atoms with Gasteiger partial charge in [-0.1, -0.05) is 30.3 Å². The van der Waals surface area contributed by atoms with Crippen LogP contribution in [0.1, 0.15) is 55.6 Å². The van der Waals surface area contributed by atoms with E-state index in [1.807, 2.05) is 64.1 Å². The number of carbonyl (C=O) groups excluding carboxylic acids is 1. The van der Waals surface area contributed by atoms with Gasteiger partial charge in [0.15, 0.2) is 0 Å². The van der Waals surface area contributed by atoms with E-state index in [4.69, 9.17) is 9.47 Å². The molecule has 0 aromatic heterocycles. The predicted octanol–water partition coefficient (Wildman–Crippen LogP) is 4.76. The normalized spacial score (nSPS) is 12.0. The van der Waals surface area contributed by atoms with Crippen LogP contribution in [0.4, 0.5) is 0 Å². The molecule has 0 saturated carbocycles. The molecule has 27 heavy (non-hydrogen) atoms. The summed E-state index contributed by atoms with van der Waals surface area (Å²) >= 11 is 0. The van der Waals surface area contributed by atoms with E-state index >= 15 is 0 Å². The first kappa shape index (κ1) is 21.0. The minimum absolute atomic E-state index is 0.0654. The van der Waals surface area contributed by atoms with Gasteiger partial charge in [-0.15, -0.1) is 0 Å². The molecule has 2 rings (SSSR count). The number of aryl methyl sites for hydroxylation is 1. The number of amides is 1. The van der Waals surface area contributed by atoms with E-state index in [1.165, 1.54) is 5.56 Å². The number of carbonyl (C=O) groups is 1. The summed E-state index contributed by atoms with van der Waals surface area (Å²) in [6, 6.07) is 15.9. The molecular weight excluding hydrogens is 338 g/mol. The highest BCUT2D eigenvalue weighted by Crippen LogP contribution is 2.22. The van der Waals surface area contributed by atoms with E-state index in [1.54, 1.807) is 0 Å². The van der Waals surface area contributed by atoms with Crippen molar-refractivity contribution in [3.63, 3.8) is 0 Å². The van der Waals surface area contributed by atoms with Crippen LogP contribution in [-0.4, -0.2) is 24.7 Å². The summed E-state index contributed by atoms with van der Waals surface area (Å²) in [5.41, 5.74) is 2.82. The number of benzene rings is 2. The minimum atomic E-state index is -0.0654. The third kappa shape index (κ3) is 7.06. The van der Waals surface area contributed by atoms with Crippen LogP contribution in [0.2, 0.25) is 0 Å². The fourth-order valence-corrected chi connectivity index (χ4v) is 2.79. The van der Waals surface area contributed by atoms with Gasteiger partial charge in [0.05, 0.1) is 19.3 Å². The Hall–Kier alpha value is -2.33. The highest BCUT2D eigenvalue weighted by Gasteiger charge is 2.13. The number of hydrogen-bond acceptors (Lipinski definition) is 3. The van der Waals surface area contributed by atoms with Crippen LogP contribution < -0.4 is 10.1 Å². The Morgan fingerprint density at radius 3 is 2.48 bits per heavy atom. The molecule has 0 aliphatic rings. The maximum atomic E-state index is 12.6. The van der Waals surface area contributed by atoms with E-state index in [0.717, 1.165) is 24.2 Å². The molecule has 0 saturated heterocycles. The number of ether oxygens (including phenoxy) is 2. The fraction of sp³-hybridized carbons (Fsp3) is 0.435. The molecule has 1 unspecified atom stereocenters. The van der Waals surface area contributed by atoms with Crippen molar-refractivity contribution in [1.29, 1.82) is 0 Å². The Kier molecular flexibility index (Phi) is 8.34. The van der Waals surface area contributed by atoms with Crippen LogP contribution in [0.25, 0.3) is 0 Å². The second kappa shape index (κ2) is 10.7. The van der Waals surface area contributed by atoms with Gasteiger partial charge in [-0.25, -0.2) is 0 Å². The summed E-state index contributed by atoms with van der Waals surface area (Å²) in [7, 11) is 0. The van der Waals surface area contributed by atoms with Gasteiger partial charge in [0.2, 0.25) is 0 Å². The first-order valence-corrected chi connectivity index (χ1v) is 9.71. The molecule has 1 amide bonds. The molecule has 2 aromatic rings. The predicted molar refractivity (Wildman–Crippen MR) is 109 cm³/mol. The Bertz CT molecular complexity index is 713. The van der Waals surface area contributed by atoms with Crippen LogP contribution >= 0.6 is 0 Å². The molecule has 0 bridgehead atoms. The molecule has 0 spiro atoms. The molecule has 4 nitrogen and oxygen atoms in total. The van der Waals surface area contributed by atoms with Crippen molar-refractivity contribution >= 4 is 5.91 Å². The lowest BCUT2D eigenvalue weighted by molar-refractivity contribution is 0.0641. The lowest BCUT2D eigenvalue weighted by Gasteiger charge is -2.16. The van der Waals surface area contributed by atoms with Gasteiger partial charge in [0.1, 0.15) is 5.75 Å². The highest BCUT2D eigenvalue weighted by atomic mass is 16.5. The lowest BCUT2D eigenvalue weighted by atomic mass is 10.1. The average molecular weight is 370 g/mol. The van der Waals surface area contributed by atoms with E-state index in [2.05, 4.69) is 17.4 Å². The van der Waals surface area contributed by atoms with Gasteiger partial charge >= 0.3 is 0 Å². The number of hydrogen-bond donors (Lipinski definition) is 1. The van der Waals surface area contributed by atoms with Gasteiger partial charge in [-0.05, 0) is 64.3 Å². The maximum absolute atomic E-state index is 12.6. The Morgan fingerprint density at radius 1 is 1.07 bits per heavy atom. The van der Waals surface area contributed by atoms with Gasteiger partial charge in [-0.2, -0.15) is 0 Å². The summed E-state index contributed by atoms with van der Waals surface area (Å²) in [6.07, 6.45) is 1.96. The van der Waals surface area contributed by atoms with E-state index in [0.29, 0.717) is 18.8 Å². The van der Waals surface area contributed by atoms with Crippen LogP contribution in [0.5, 0.6) is 5.75 Å². The summed E-state index contributed by atoms with van der Waals surface area (Å²) in [4.78, 5) is 12.6. The molecule has 0 aliphatic heterocycles. The van der Waals surface area contributed by atoms with Crippen molar-refractivity contribution in [2.24, 2.45) is 0 Å². The Labute approximate surface area is 162 Å². The van der Waals surface area contributed by atoms with Crippen molar-refractivity contribution in [1.82, 2.24) is 5.32 Å². The number of nitrogens with one attached hydrogen (secondary N) is 1. The molecule has 146 valence electrons. The smallest absolute Gasteiger partial charge is 0.251 e. The third-order valence-corrected chi connectivity index (χ3v) is 4.28. The largest absolute Gasteiger partial charge is 0.494 e. The minimum Gasteiger partial charge on any atom is -0.494 e. The standard InChI is InChI=1S/C23H31NO3/c1-5-26-22-14-13-20(15-21(22)16-27-17(2)3)23(25)24-18(4)11-12-19-9-7-6-8-10-19/h6-10,13-15,17-18H,5,11-12,16H2,1-4H3,(H,24,25). The summed E-state index contributed by atoms with van der Waals surface area (Å²) < 4.78 is 11.4. The van der Waals surface area contributed by atoms with Crippen molar-refractivity contribution in [2.75, 3.05) is 6.61 Å². The molecule has 4 heteroatoms. The maximum Gasteiger partial charge on any atom is 0.251 e. The van der Waals surface area contributed by atoms with Gasteiger partial charge in [-0.3, -0.25) is 4.79 Å². The van der Waals surface area contributed by atoms with Crippen molar-refractivity contribution in [3.8, 4) is 5.75 Å². The first-order valence-electron chi connectivity index (χ1n) is 9.71. The van der Waals surface area contributed by atoms with Crippen molar-refractivity contribution in [3.05, 3.63) is 65.2 Å². The van der Waals surface area contributed by atoms with Crippen LogP contribution in [0.15, 0.2) is 48.5 Å². The van der Waals surface area contributed by atoms with E-state index in [9.17, 15) is 4.79 Å². The van der Waals surface area contributed by atoms with Crippen LogP contribution in [0, 0.1) is 0 Å². The lowest BCUT2D eigenvalue weighted by Crippen LogP contribution is -2.33. The summed E-state index contributed by atoms with van der Waals surface area (Å²) in [5.74, 6) is 0.705. The topological polar surface area (TPSA) is 47.6 Å². The molecule has 2 aromatic carbocycles. The molecule has 0 aliphatic carbocycles. The van der Waals surface area contributed by atoms with E-state index < -0.39 is 0 Å². The third-order valence-electron chi connectivity index (χ3n) is 4.28. The second-order valence-corrected chi connectivity index (χ2v) is 7.01. The SMILES string of the molecule is CCOc1ccc(C(=O)NC(C)CCc2ccccc2)cc1COC(C)C. The monoisotopic (exact) mass is 369 g/mol. The molecular formula is C23H31NO3. The fourth-order valence-electron chi connectivity index (χ4n) is 2.79. The van der Waals surface area contributed by atoms with Crippen molar-refractivity contribution in [2.45, 2.75) is 59.3 Å². The van der Waals surface area contributed by atoms with Crippen LogP contribution in [-0.2, 0) is 17.8 Å². The second-order valence-electron chi connectivity index (χ2n) is 7.01. The zero-order chi connectivity index (χ0) is 19.6. The van der Waals surface area contributed by atoms with Gasteiger partial charge in [0, 0.05) is 17.2 Å². The van der Waals surface area contributed by atoms with Crippen LogP contribution in [0.3, 0.4) is 0 Å². The molecule has 0 fully saturated rings. The molecule has 1 N–H and O–H groups in total. The quantitative estimate of drug-likeness (QED) is 0.657. The molecule has 0 radical (unpaired) electrons. The average Bonchev–Trinajstić information content (AvgIpc) is 2.66. The zero-order valence-electron chi connectivity index (χ0n) is 16.8. The van der Waals surface area contributed by atoms with E-state index in [-0.39, 0.29) is 18.1 Å². The summed E-state index contributed by atoms with van der Waals surface area (Å²) in [5, 5.41) is 3.09. The Balaban J connectivity index is 1.98. The van der Waals surface area contributed by atoms with Gasteiger partial charge < -0.3 is 14.8 Å². The highest BCUT2D eigenvalue weighted by molar-refractivity contribution is 5.94. The van der Waals surface area contributed by atoms with Gasteiger partial charge in [0.25, 0.3) is 5.91 Å². The molecule has 0 heterocycles. The van der Waals surface area contributed by atoms with Crippen molar-refractivity contribution < 1.29 is 14.3 Å². The first-order chi connectivity index (χ1) is 13.0. The zero-order valence-corrected chi connectivity index (χ0v) is 16.8. The Morgan fingerprint density at radius 2 is 1.81 bits per heavy atom. The molecule has 1 atom stereocenters. The number of rotatable bonds is 10. The summed E-state index contributed by atoms with van der Waals surface area (Å²) in [6.45, 7) is 8.98.